The Bertz CT molecular complexity index is 1060. The average Bonchev–Trinajstić information content (AvgIpc) is 3.25. The maximum atomic E-state index is 12.9. The maximum Gasteiger partial charge on any atom is 0.286 e. The second-order valence-corrected chi connectivity index (χ2v) is 8.73. The highest BCUT2D eigenvalue weighted by atomic mass is 32.1. The molecule has 1 atom stereocenters. The van der Waals surface area contributed by atoms with E-state index in [2.05, 4.69) is 15.5 Å². The summed E-state index contributed by atoms with van der Waals surface area (Å²) in [5.41, 5.74) is 3.65. The Morgan fingerprint density at radius 1 is 1.07 bits per heavy atom. The minimum absolute atomic E-state index is 0.0465. The van der Waals surface area contributed by atoms with Gasteiger partial charge in [-0.25, -0.2) is 0 Å². The molecule has 7 heteroatoms. The number of anilines is 1. The van der Waals surface area contributed by atoms with Crippen LogP contribution in [-0.4, -0.2) is 40.0 Å². The van der Waals surface area contributed by atoms with Crippen LogP contribution >= 0.6 is 11.3 Å². The number of piperidine rings is 1. The molecule has 154 valence electrons. The monoisotopic (exact) mass is 420 g/mol. The zero-order chi connectivity index (χ0) is 21.1. The molecule has 0 bridgehead atoms. The Balaban J connectivity index is 1.43. The van der Waals surface area contributed by atoms with Crippen molar-refractivity contribution in [2.45, 2.75) is 32.6 Å². The zero-order valence-corrected chi connectivity index (χ0v) is 17.9. The zero-order valence-electron chi connectivity index (χ0n) is 17.1. The van der Waals surface area contributed by atoms with Crippen molar-refractivity contribution in [1.82, 2.24) is 15.1 Å². The van der Waals surface area contributed by atoms with Gasteiger partial charge in [-0.1, -0.05) is 46.7 Å². The third-order valence-electron chi connectivity index (χ3n) is 5.27. The first-order chi connectivity index (χ1) is 14.5. The molecule has 30 heavy (non-hydrogen) atoms. The molecule has 2 heterocycles. The van der Waals surface area contributed by atoms with Crippen LogP contribution < -0.4 is 5.32 Å². The Hall–Kier alpha value is -3.06. The van der Waals surface area contributed by atoms with Crippen LogP contribution in [-0.2, 0) is 0 Å². The highest BCUT2D eigenvalue weighted by Crippen LogP contribution is 2.30. The van der Waals surface area contributed by atoms with Crippen LogP contribution in [0.5, 0.6) is 0 Å². The lowest BCUT2D eigenvalue weighted by atomic mass is 9.98. The molecule has 0 unspecified atom stereocenters. The average molecular weight is 421 g/mol. The first-order valence-electron chi connectivity index (χ1n) is 10.1. The first kappa shape index (κ1) is 20.2. The van der Waals surface area contributed by atoms with E-state index in [-0.39, 0.29) is 17.7 Å². The number of carbonyl (C=O) groups excluding carboxylic acids is 2. The van der Waals surface area contributed by atoms with Crippen molar-refractivity contribution in [3.63, 3.8) is 0 Å². The van der Waals surface area contributed by atoms with Gasteiger partial charge in [-0.15, -0.1) is 10.2 Å². The van der Waals surface area contributed by atoms with E-state index in [1.165, 1.54) is 11.3 Å². The van der Waals surface area contributed by atoms with Gasteiger partial charge >= 0.3 is 0 Å². The van der Waals surface area contributed by atoms with E-state index < -0.39 is 0 Å². The fourth-order valence-electron chi connectivity index (χ4n) is 3.64. The van der Waals surface area contributed by atoms with Crippen LogP contribution in [0.4, 0.5) is 5.69 Å². The molecule has 1 aliphatic heterocycles. The summed E-state index contributed by atoms with van der Waals surface area (Å²) < 4.78 is 0. The summed E-state index contributed by atoms with van der Waals surface area (Å²) in [6.45, 7) is 5.32. The molecular weight excluding hydrogens is 396 g/mol. The van der Waals surface area contributed by atoms with Crippen LogP contribution in [0.1, 0.15) is 55.1 Å². The summed E-state index contributed by atoms with van der Waals surface area (Å²) in [7, 11) is 0. The van der Waals surface area contributed by atoms with E-state index in [9.17, 15) is 9.59 Å². The van der Waals surface area contributed by atoms with Crippen molar-refractivity contribution in [3.8, 4) is 0 Å². The lowest BCUT2D eigenvalue weighted by molar-refractivity contribution is 0.0706. The highest BCUT2D eigenvalue weighted by Gasteiger charge is 2.28. The molecule has 1 N–H and O–H groups in total. The molecule has 1 aliphatic rings. The number of hydrogen-bond acceptors (Lipinski definition) is 5. The number of aryl methyl sites for hydroxylation is 2. The molecule has 1 saturated heterocycles. The largest absolute Gasteiger partial charge is 0.338 e. The lowest BCUT2D eigenvalue weighted by Crippen LogP contribution is -2.39. The van der Waals surface area contributed by atoms with Gasteiger partial charge in [-0.05, 0) is 51.0 Å². The van der Waals surface area contributed by atoms with E-state index in [0.29, 0.717) is 17.1 Å². The maximum absolute atomic E-state index is 12.9. The van der Waals surface area contributed by atoms with Gasteiger partial charge in [0.25, 0.3) is 11.8 Å². The molecule has 2 aromatic carbocycles. The number of nitrogens with one attached hydrogen (secondary N) is 1. The fourth-order valence-corrected chi connectivity index (χ4v) is 4.50. The third-order valence-corrected chi connectivity index (χ3v) is 6.35. The summed E-state index contributed by atoms with van der Waals surface area (Å²) in [4.78, 5) is 27.3. The molecule has 0 aliphatic carbocycles. The number of nitrogens with zero attached hydrogens (tertiary/aromatic N) is 3. The van der Waals surface area contributed by atoms with Crippen molar-refractivity contribution >= 4 is 28.8 Å². The molecule has 4 rings (SSSR count). The number of benzene rings is 2. The van der Waals surface area contributed by atoms with Gasteiger partial charge in [0.1, 0.15) is 5.01 Å². The molecule has 0 radical (unpaired) electrons. The lowest BCUT2D eigenvalue weighted by Gasteiger charge is -2.31. The van der Waals surface area contributed by atoms with E-state index in [4.69, 9.17) is 0 Å². The smallest absolute Gasteiger partial charge is 0.286 e. The topological polar surface area (TPSA) is 75.2 Å². The summed E-state index contributed by atoms with van der Waals surface area (Å²) in [5, 5.41) is 12.4. The van der Waals surface area contributed by atoms with E-state index in [1.54, 1.807) is 0 Å². The van der Waals surface area contributed by atoms with Gasteiger partial charge in [-0.3, -0.25) is 9.59 Å². The Morgan fingerprint density at radius 3 is 2.63 bits per heavy atom. The predicted molar refractivity (Wildman–Crippen MR) is 118 cm³/mol. The number of likely N-dealkylation sites (tertiary alicyclic amines) is 1. The summed E-state index contributed by atoms with van der Waals surface area (Å²) in [6, 6.07) is 15.3. The van der Waals surface area contributed by atoms with Crippen LogP contribution in [0.15, 0.2) is 48.5 Å². The number of carbonyl (C=O) groups is 2. The minimum Gasteiger partial charge on any atom is -0.338 e. The van der Waals surface area contributed by atoms with Crippen molar-refractivity contribution in [2.75, 3.05) is 18.4 Å². The molecule has 2 amide bonds. The standard InChI is InChI=1S/C23H24N4O2S/c1-15-8-10-19(11-9-15)24-20(28)22-26-25-21(30-22)18-7-4-12-27(14-18)23(29)17-6-3-5-16(2)13-17/h3,5-6,8-11,13,18H,4,7,12,14H2,1-2H3,(H,24,28)/t18-/m0/s1. The van der Waals surface area contributed by atoms with E-state index in [0.717, 1.165) is 41.2 Å². The molecule has 0 saturated carbocycles. The fraction of sp³-hybridized carbons (Fsp3) is 0.304. The van der Waals surface area contributed by atoms with Crippen molar-refractivity contribution in [1.29, 1.82) is 0 Å². The summed E-state index contributed by atoms with van der Waals surface area (Å²) in [5.74, 6) is -0.109. The molecule has 1 aromatic heterocycles. The molecule has 1 fully saturated rings. The third kappa shape index (κ3) is 4.57. The van der Waals surface area contributed by atoms with Crippen LogP contribution in [0.2, 0.25) is 0 Å². The van der Waals surface area contributed by atoms with Gasteiger partial charge in [-0.2, -0.15) is 0 Å². The predicted octanol–water partition coefficient (Wildman–Crippen LogP) is 4.43. The highest BCUT2D eigenvalue weighted by molar-refractivity contribution is 7.13. The Labute approximate surface area is 180 Å². The molecule has 3 aromatic rings. The molecule has 6 nitrogen and oxygen atoms in total. The van der Waals surface area contributed by atoms with E-state index in [1.807, 2.05) is 67.3 Å². The normalized spacial score (nSPS) is 16.3. The van der Waals surface area contributed by atoms with E-state index >= 15 is 0 Å². The number of rotatable bonds is 4. The van der Waals surface area contributed by atoms with Gasteiger partial charge in [0.2, 0.25) is 5.01 Å². The number of amides is 2. The summed E-state index contributed by atoms with van der Waals surface area (Å²) in [6.07, 6.45) is 1.85. The van der Waals surface area contributed by atoms with Crippen molar-refractivity contribution in [3.05, 3.63) is 75.2 Å². The van der Waals surface area contributed by atoms with Gasteiger partial charge < -0.3 is 10.2 Å². The SMILES string of the molecule is Cc1ccc(NC(=O)c2nnc([C@H]3CCCN(C(=O)c4cccc(C)c4)C3)s2)cc1. The Kier molecular flexibility index (Phi) is 5.90. The van der Waals surface area contributed by atoms with Gasteiger partial charge in [0.15, 0.2) is 0 Å². The van der Waals surface area contributed by atoms with Crippen molar-refractivity contribution < 1.29 is 9.59 Å². The van der Waals surface area contributed by atoms with Crippen LogP contribution in [0.3, 0.4) is 0 Å². The minimum atomic E-state index is -0.258. The second-order valence-electron chi connectivity index (χ2n) is 7.73. The quantitative estimate of drug-likeness (QED) is 0.678. The summed E-state index contributed by atoms with van der Waals surface area (Å²) >= 11 is 1.31. The Morgan fingerprint density at radius 2 is 1.87 bits per heavy atom. The van der Waals surface area contributed by atoms with Crippen molar-refractivity contribution in [2.24, 2.45) is 0 Å². The van der Waals surface area contributed by atoms with Gasteiger partial charge in [0.05, 0.1) is 0 Å². The molecule has 0 spiro atoms. The molecular formula is C23H24N4O2S. The number of hydrogen-bond donors (Lipinski definition) is 1. The van der Waals surface area contributed by atoms with Crippen LogP contribution in [0, 0.1) is 13.8 Å². The number of aromatic nitrogens is 2. The van der Waals surface area contributed by atoms with Gasteiger partial charge in [0, 0.05) is 30.3 Å². The second kappa shape index (κ2) is 8.75. The van der Waals surface area contributed by atoms with Crippen LogP contribution in [0.25, 0.3) is 0 Å². The first-order valence-corrected chi connectivity index (χ1v) is 10.9.